The van der Waals surface area contributed by atoms with Gasteiger partial charge in [0.05, 0.1) is 12.8 Å². The molecule has 0 unspecified atom stereocenters. The highest BCUT2D eigenvalue weighted by atomic mass is 79.9. The number of methoxy groups -OCH3 is 1. The summed E-state index contributed by atoms with van der Waals surface area (Å²) in [4.78, 5) is 13.2. The van der Waals surface area contributed by atoms with Crippen LogP contribution in [0.25, 0.3) is 0 Å². The first kappa shape index (κ1) is 16.0. The Morgan fingerprint density at radius 3 is 2.26 bits per heavy atom. The van der Waals surface area contributed by atoms with Crippen molar-refractivity contribution in [3.05, 3.63) is 21.2 Å². The van der Waals surface area contributed by atoms with Crippen molar-refractivity contribution in [1.82, 2.24) is 0 Å². The summed E-state index contributed by atoms with van der Waals surface area (Å²) in [6.45, 7) is 8.52. The zero-order valence-corrected chi connectivity index (χ0v) is 14.1. The second-order valence-corrected chi connectivity index (χ2v) is 5.74. The van der Waals surface area contributed by atoms with Crippen molar-refractivity contribution in [1.29, 1.82) is 0 Å². The predicted molar refractivity (Wildman–Crippen MR) is 83.5 cm³/mol. The average molecular weight is 328 g/mol. The summed E-state index contributed by atoms with van der Waals surface area (Å²) in [6, 6.07) is 0. The molecule has 0 radical (unpaired) electrons. The predicted octanol–water partition coefficient (Wildman–Crippen LogP) is 3.80. The Balaban J connectivity index is 3.29. The van der Waals surface area contributed by atoms with Crippen molar-refractivity contribution in [2.24, 2.45) is 0 Å². The van der Waals surface area contributed by atoms with E-state index in [9.17, 15) is 4.79 Å². The van der Waals surface area contributed by atoms with Crippen LogP contribution < -0.4 is 9.64 Å². The van der Waals surface area contributed by atoms with Crippen molar-refractivity contribution in [3.63, 3.8) is 0 Å². The average Bonchev–Trinajstić information content (AvgIpc) is 2.37. The van der Waals surface area contributed by atoms with E-state index < -0.39 is 0 Å². The fraction of sp³-hybridized carbons (Fsp3) is 0.533. The monoisotopic (exact) mass is 327 g/mol. The molecule has 19 heavy (non-hydrogen) atoms. The Hall–Kier alpha value is -1.03. The summed E-state index contributed by atoms with van der Waals surface area (Å²) >= 11 is 3.64. The first-order chi connectivity index (χ1) is 8.81. The molecule has 0 fully saturated rings. The largest absolute Gasteiger partial charge is 0.494 e. The van der Waals surface area contributed by atoms with Crippen molar-refractivity contribution >= 4 is 27.4 Å². The lowest BCUT2D eigenvalue weighted by Crippen LogP contribution is -2.22. The van der Waals surface area contributed by atoms with E-state index in [1.807, 2.05) is 7.05 Å². The Kier molecular flexibility index (Phi) is 5.41. The minimum absolute atomic E-state index is 0.200. The van der Waals surface area contributed by atoms with Crippen molar-refractivity contribution in [3.8, 4) is 5.75 Å². The lowest BCUT2D eigenvalue weighted by Gasteiger charge is -2.26. The summed E-state index contributed by atoms with van der Waals surface area (Å²) in [6.07, 6.45) is 0.545. The van der Waals surface area contributed by atoms with E-state index in [0.29, 0.717) is 13.0 Å². The number of carbonyl (C=O) groups is 1. The van der Waals surface area contributed by atoms with E-state index in [1.54, 1.807) is 14.0 Å². The van der Waals surface area contributed by atoms with Crippen LogP contribution in [0.3, 0.4) is 0 Å². The molecule has 106 valence electrons. The minimum Gasteiger partial charge on any atom is -0.494 e. The van der Waals surface area contributed by atoms with E-state index >= 15 is 0 Å². The molecule has 4 heteroatoms. The quantitative estimate of drug-likeness (QED) is 0.823. The molecule has 0 heterocycles. The number of hydrogen-bond acceptors (Lipinski definition) is 3. The van der Waals surface area contributed by atoms with Gasteiger partial charge in [0.25, 0.3) is 0 Å². The molecule has 0 atom stereocenters. The lowest BCUT2D eigenvalue weighted by atomic mass is 10.0. The van der Waals surface area contributed by atoms with Gasteiger partial charge in [-0.25, -0.2) is 0 Å². The van der Waals surface area contributed by atoms with Crippen LogP contribution in [0.1, 0.15) is 30.0 Å². The number of halogens is 1. The Morgan fingerprint density at radius 1 is 1.21 bits per heavy atom. The van der Waals surface area contributed by atoms with E-state index in [2.05, 4.69) is 41.6 Å². The van der Waals surface area contributed by atoms with Gasteiger partial charge in [-0.3, -0.25) is 4.79 Å². The third kappa shape index (κ3) is 3.30. The number of nitrogens with zero attached hydrogens (tertiary/aromatic N) is 1. The number of Topliss-reactive ketones (excluding diaryl/α,β-unsaturated/α-hetero) is 1. The summed E-state index contributed by atoms with van der Waals surface area (Å²) in [7, 11) is 3.69. The molecule has 1 aromatic carbocycles. The molecule has 0 saturated carbocycles. The third-order valence-electron chi connectivity index (χ3n) is 3.52. The molecule has 0 aliphatic rings. The molecule has 0 aromatic heterocycles. The molecule has 1 aromatic rings. The SMILES string of the molecule is COc1c(C)c(C)c(Br)c(C)c1N(C)CCC(C)=O. The maximum atomic E-state index is 11.1. The number of anilines is 1. The van der Waals surface area contributed by atoms with Gasteiger partial charge in [0, 0.05) is 24.5 Å². The smallest absolute Gasteiger partial charge is 0.145 e. The van der Waals surface area contributed by atoms with Crippen molar-refractivity contribution in [2.75, 3.05) is 25.6 Å². The number of hydrogen-bond donors (Lipinski definition) is 0. The molecule has 0 bridgehead atoms. The van der Waals surface area contributed by atoms with Gasteiger partial charge in [-0.05, 0) is 44.4 Å². The highest BCUT2D eigenvalue weighted by molar-refractivity contribution is 9.10. The fourth-order valence-corrected chi connectivity index (χ4v) is 2.70. The van der Waals surface area contributed by atoms with Crippen LogP contribution in [-0.4, -0.2) is 26.5 Å². The summed E-state index contributed by atoms with van der Waals surface area (Å²) in [5.41, 5.74) is 4.52. The maximum Gasteiger partial charge on any atom is 0.145 e. The molecule has 0 aliphatic carbocycles. The number of benzene rings is 1. The second kappa shape index (κ2) is 6.42. The standard InChI is InChI=1S/C15H22BrNO2/c1-9(18)7-8-17(5)14-12(4)13(16)10(2)11(3)15(14)19-6/h7-8H2,1-6H3. The normalized spacial score (nSPS) is 10.5. The molecule has 0 saturated heterocycles. The van der Waals surface area contributed by atoms with Gasteiger partial charge in [0.15, 0.2) is 0 Å². The van der Waals surface area contributed by atoms with Gasteiger partial charge in [0.1, 0.15) is 11.5 Å². The van der Waals surface area contributed by atoms with E-state index in [-0.39, 0.29) is 5.78 Å². The first-order valence-electron chi connectivity index (χ1n) is 6.35. The highest BCUT2D eigenvalue weighted by Gasteiger charge is 2.19. The molecule has 0 spiro atoms. The van der Waals surface area contributed by atoms with Crippen LogP contribution >= 0.6 is 15.9 Å². The number of ether oxygens (including phenoxy) is 1. The fourth-order valence-electron chi connectivity index (χ4n) is 2.21. The zero-order chi connectivity index (χ0) is 14.7. The van der Waals surface area contributed by atoms with Crippen molar-refractivity contribution < 1.29 is 9.53 Å². The van der Waals surface area contributed by atoms with Crippen LogP contribution in [0.4, 0.5) is 5.69 Å². The molecule has 0 amide bonds. The van der Waals surface area contributed by atoms with Crippen molar-refractivity contribution in [2.45, 2.75) is 34.1 Å². The van der Waals surface area contributed by atoms with Crippen LogP contribution in [0.2, 0.25) is 0 Å². The molecular formula is C15H22BrNO2. The molecule has 1 rings (SSSR count). The molecule has 0 N–H and O–H groups in total. The zero-order valence-electron chi connectivity index (χ0n) is 12.6. The number of ketones is 1. The molecule has 3 nitrogen and oxygen atoms in total. The van der Waals surface area contributed by atoms with Crippen LogP contribution in [0.5, 0.6) is 5.75 Å². The number of carbonyl (C=O) groups excluding carboxylic acids is 1. The summed E-state index contributed by atoms with van der Waals surface area (Å²) < 4.78 is 6.68. The first-order valence-corrected chi connectivity index (χ1v) is 7.14. The second-order valence-electron chi connectivity index (χ2n) is 4.94. The highest BCUT2D eigenvalue weighted by Crippen LogP contribution is 2.41. The van der Waals surface area contributed by atoms with Gasteiger partial charge in [-0.15, -0.1) is 0 Å². The summed E-state index contributed by atoms with van der Waals surface area (Å²) in [5.74, 6) is 1.09. The maximum absolute atomic E-state index is 11.1. The molecule has 0 aliphatic heterocycles. The van der Waals surface area contributed by atoms with Gasteiger partial charge < -0.3 is 9.64 Å². The van der Waals surface area contributed by atoms with Gasteiger partial charge >= 0.3 is 0 Å². The van der Waals surface area contributed by atoms with E-state index in [4.69, 9.17) is 4.74 Å². The topological polar surface area (TPSA) is 29.5 Å². The van der Waals surface area contributed by atoms with E-state index in [0.717, 1.165) is 27.0 Å². The van der Waals surface area contributed by atoms with Crippen LogP contribution in [-0.2, 0) is 4.79 Å². The number of rotatable bonds is 5. The third-order valence-corrected chi connectivity index (χ3v) is 4.71. The van der Waals surface area contributed by atoms with Crippen LogP contribution in [0.15, 0.2) is 4.47 Å². The van der Waals surface area contributed by atoms with Gasteiger partial charge in [-0.1, -0.05) is 15.9 Å². The summed E-state index contributed by atoms with van der Waals surface area (Å²) in [5, 5.41) is 0. The Labute approximate surface area is 124 Å². The van der Waals surface area contributed by atoms with Gasteiger partial charge in [0.2, 0.25) is 0 Å². The Bertz CT molecular complexity index is 498. The van der Waals surface area contributed by atoms with E-state index in [1.165, 1.54) is 5.56 Å². The Morgan fingerprint density at radius 2 is 1.79 bits per heavy atom. The van der Waals surface area contributed by atoms with Crippen LogP contribution in [0, 0.1) is 20.8 Å². The molecular weight excluding hydrogens is 306 g/mol. The lowest BCUT2D eigenvalue weighted by molar-refractivity contribution is -0.116. The minimum atomic E-state index is 0.200. The van der Waals surface area contributed by atoms with Gasteiger partial charge in [-0.2, -0.15) is 0 Å².